The van der Waals surface area contributed by atoms with Crippen LogP contribution in [0, 0.1) is 18.3 Å². The van der Waals surface area contributed by atoms with E-state index in [-0.39, 0.29) is 0 Å². The maximum absolute atomic E-state index is 8.96. The van der Waals surface area contributed by atoms with Crippen LogP contribution in [0.3, 0.4) is 0 Å². The zero-order valence-electron chi connectivity index (χ0n) is 14.2. The fourth-order valence-electron chi connectivity index (χ4n) is 2.68. The number of aryl methyl sites for hydroxylation is 1. The molecule has 1 aliphatic carbocycles. The third-order valence-corrected chi connectivity index (χ3v) is 4.05. The van der Waals surface area contributed by atoms with Gasteiger partial charge in [0.15, 0.2) is 0 Å². The number of allylic oxidation sites excluding steroid dienone is 5. The van der Waals surface area contributed by atoms with Gasteiger partial charge in [0.1, 0.15) is 5.75 Å². The topological polar surface area (TPSA) is 67.2 Å². The zero-order valence-corrected chi connectivity index (χ0v) is 14.2. The molecule has 24 heavy (non-hydrogen) atoms. The van der Waals surface area contributed by atoms with E-state index in [1.807, 2.05) is 51.3 Å². The maximum atomic E-state index is 8.96. The molecule has 1 N–H and O–H groups in total. The molecule has 2 aliphatic rings. The molecule has 0 atom stereocenters. The Balaban J connectivity index is 1.78. The number of ether oxygens (including phenoxy) is 2. The van der Waals surface area contributed by atoms with Crippen LogP contribution in [0.15, 0.2) is 41.8 Å². The molecule has 1 aliphatic heterocycles. The lowest BCUT2D eigenvalue weighted by Gasteiger charge is -2.34. The van der Waals surface area contributed by atoms with Crippen LogP contribution in [0.5, 0.6) is 5.75 Å². The van der Waals surface area contributed by atoms with Gasteiger partial charge < -0.3 is 14.8 Å². The van der Waals surface area contributed by atoms with E-state index in [1.165, 1.54) is 0 Å². The van der Waals surface area contributed by atoms with E-state index < -0.39 is 5.79 Å². The Morgan fingerprint density at radius 1 is 1.38 bits per heavy atom. The molecule has 0 spiro atoms. The molecular formula is C19H21N3O2. The van der Waals surface area contributed by atoms with Crippen molar-refractivity contribution in [3.63, 3.8) is 0 Å². The van der Waals surface area contributed by atoms with E-state index in [2.05, 4.69) is 16.4 Å². The lowest BCUT2D eigenvalue weighted by atomic mass is 10.1. The summed E-state index contributed by atoms with van der Waals surface area (Å²) in [5.41, 5.74) is 4.70. The van der Waals surface area contributed by atoms with Crippen molar-refractivity contribution in [2.45, 2.75) is 46.1 Å². The highest BCUT2D eigenvalue weighted by molar-refractivity contribution is 5.43. The molecule has 1 aromatic heterocycles. The minimum Gasteiger partial charge on any atom is -0.461 e. The first kappa shape index (κ1) is 16.3. The molecule has 0 unspecified atom stereocenters. The first-order valence-electron chi connectivity index (χ1n) is 8.00. The van der Waals surface area contributed by atoms with Crippen LogP contribution in [-0.2, 0) is 17.9 Å². The number of aromatic nitrogens is 1. The summed E-state index contributed by atoms with van der Waals surface area (Å²) >= 11 is 0. The molecule has 0 bridgehead atoms. The van der Waals surface area contributed by atoms with Crippen LogP contribution >= 0.6 is 0 Å². The summed E-state index contributed by atoms with van der Waals surface area (Å²) in [7, 11) is 0. The molecule has 124 valence electrons. The Kier molecular flexibility index (Phi) is 4.41. The molecule has 0 aromatic carbocycles. The average molecular weight is 323 g/mol. The smallest absolute Gasteiger partial charge is 0.205 e. The van der Waals surface area contributed by atoms with Crippen molar-refractivity contribution < 1.29 is 9.47 Å². The number of nitrogens with one attached hydrogen (secondary N) is 1. The first-order valence-corrected chi connectivity index (χ1v) is 8.00. The van der Waals surface area contributed by atoms with Crippen molar-refractivity contribution in [3.8, 4) is 11.8 Å². The molecule has 0 saturated carbocycles. The molecule has 2 heterocycles. The number of rotatable bonds is 3. The predicted octanol–water partition coefficient (Wildman–Crippen LogP) is 3.42. The van der Waals surface area contributed by atoms with Gasteiger partial charge in [-0.3, -0.25) is 4.98 Å². The van der Waals surface area contributed by atoms with Crippen LogP contribution in [0.4, 0.5) is 0 Å². The summed E-state index contributed by atoms with van der Waals surface area (Å²) in [6.07, 6.45) is 10.2. The van der Waals surface area contributed by atoms with Crippen molar-refractivity contribution in [1.29, 1.82) is 5.26 Å². The third kappa shape index (κ3) is 3.50. The Morgan fingerprint density at radius 3 is 3.00 bits per heavy atom. The second-order valence-corrected chi connectivity index (χ2v) is 6.35. The number of nitrogens with zero attached hydrogens (tertiary/aromatic N) is 2. The average Bonchev–Trinajstić information content (AvgIpc) is 2.79. The molecule has 1 aromatic rings. The Morgan fingerprint density at radius 2 is 2.21 bits per heavy atom. The third-order valence-electron chi connectivity index (χ3n) is 4.05. The lowest BCUT2D eigenvalue weighted by molar-refractivity contribution is -0.180. The second-order valence-electron chi connectivity index (χ2n) is 6.35. The Labute approximate surface area is 142 Å². The number of nitriles is 1. The normalized spacial score (nSPS) is 18.4. The highest BCUT2D eigenvalue weighted by Gasteiger charge is 2.30. The van der Waals surface area contributed by atoms with Gasteiger partial charge >= 0.3 is 0 Å². The van der Waals surface area contributed by atoms with Gasteiger partial charge in [-0.1, -0.05) is 6.08 Å². The van der Waals surface area contributed by atoms with Gasteiger partial charge in [-0.05, 0) is 30.7 Å². The van der Waals surface area contributed by atoms with Gasteiger partial charge in [-0.25, -0.2) is 0 Å². The van der Waals surface area contributed by atoms with Gasteiger partial charge in [0.2, 0.25) is 5.79 Å². The second kappa shape index (κ2) is 6.50. The summed E-state index contributed by atoms with van der Waals surface area (Å²) in [6, 6.07) is 2.15. The summed E-state index contributed by atoms with van der Waals surface area (Å²) in [5.74, 6) is 0.199. The number of hydrogen-bond donors (Lipinski definition) is 1. The van der Waals surface area contributed by atoms with Crippen molar-refractivity contribution in [1.82, 2.24) is 10.3 Å². The van der Waals surface area contributed by atoms with E-state index in [1.54, 1.807) is 0 Å². The first-order chi connectivity index (χ1) is 11.5. The van der Waals surface area contributed by atoms with E-state index in [0.29, 0.717) is 18.7 Å². The Bertz CT molecular complexity index is 783. The Hall–Kier alpha value is -2.58. The molecule has 0 amide bonds. The van der Waals surface area contributed by atoms with Gasteiger partial charge in [0.25, 0.3) is 0 Å². The van der Waals surface area contributed by atoms with E-state index in [4.69, 9.17) is 14.7 Å². The van der Waals surface area contributed by atoms with E-state index >= 15 is 0 Å². The minimum absolute atomic E-state index is 0.514. The number of hydrogen-bond acceptors (Lipinski definition) is 5. The van der Waals surface area contributed by atoms with Gasteiger partial charge in [0.05, 0.1) is 23.9 Å². The molecule has 0 saturated heterocycles. The summed E-state index contributed by atoms with van der Waals surface area (Å²) in [6.45, 7) is 6.91. The van der Waals surface area contributed by atoms with Crippen molar-refractivity contribution in [2.75, 3.05) is 0 Å². The quantitative estimate of drug-likeness (QED) is 0.923. The lowest BCUT2D eigenvalue weighted by Crippen LogP contribution is -2.36. The van der Waals surface area contributed by atoms with Gasteiger partial charge in [0, 0.05) is 44.3 Å². The molecular weight excluding hydrogens is 302 g/mol. The van der Waals surface area contributed by atoms with Gasteiger partial charge in [-0.15, -0.1) is 0 Å². The highest BCUT2D eigenvalue weighted by Crippen LogP contribution is 2.35. The zero-order chi connectivity index (χ0) is 17.2. The van der Waals surface area contributed by atoms with Crippen molar-refractivity contribution in [2.24, 2.45) is 0 Å². The summed E-state index contributed by atoms with van der Waals surface area (Å²) in [4.78, 5) is 4.46. The van der Waals surface area contributed by atoms with Crippen LogP contribution in [0.2, 0.25) is 0 Å². The molecule has 3 rings (SSSR count). The molecule has 5 nitrogen and oxygen atoms in total. The highest BCUT2D eigenvalue weighted by atomic mass is 16.7. The SMILES string of the molecule is Cc1ncc(CNC2=CC=C(C#N)C=CC2)c2c1OC(C)(C)OC2. The summed E-state index contributed by atoms with van der Waals surface area (Å²) in [5, 5.41) is 12.4. The fourth-order valence-corrected chi connectivity index (χ4v) is 2.68. The van der Waals surface area contributed by atoms with Crippen molar-refractivity contribution in [3.05, 3.63) is 58.6 Å². The number of pyridine rings is 1. The molecule has 0 fully saturated rings. The predicted molar refractivity (Wildman–Crippen MR) is 90.8 cm³/mol. The van der Waals surface area contributed by atoms with E-state index in [9.17, 15) is 0 Å². The van der Waals surface area contributed by atoms with Crippen LogP contribution in [0.1, 0.15) is 37.1 Å². The van der Waals surface area contributed by atoms with Crippen LogP contribution in [0.25, 0.3) is 0 Å². The monoisotopic (exact) mass is 323 g/mol. The molecule has 5 heteroatoms. The number of fused-ring (bicyclic) bond motifs is 1. The fraction of sp³-hybridized carbons (Fsp3) is 0.368. The maximum Gasteiger partial charge on any atom is 0.205 e. The van der Waals surface area contributed by atoms with Crippen LogP contribution < -0.4 is 10.1 Å². The van der Waals surface area contributed by atoms with Crippen molar-refractivity contribution >= 4 is 0 Å². The van der Waals surface area contributed by atoms with Gasteiger partial charge in [-0.2, -0.15) is 5.26 Å². The largest absolute Gasteiger partial charge is 0.461 e. The van der Waals surface area contributed by atoms with Crippen LogP contribution in [-0.4, -0.2) is 10.8 Å². The van der Waals surface area contributed by atoms with E-state index in [0.717, 1.165) is 34.7 Å². The molecule has 0 radical (unpaired) electrons. The summed E-state index contributed by atoms with van der Waals surface area (Å²) < 4.78 is 11.7. The standard InChI is InChI=1S/C19H21N3O2/c1-13-18-17(12-23-19(2,3)24-18)15(10-21-13)11-22-16-6-4-5-14(9-20)7-8-16/h4-5,7-8,10,22H,6,11-12H2,1-3H3. The minimum atomic E-state index is -0.626.